The molecule has 2 heterocycles. The van der Waals surface area contributed by atoms with Crippen molar-refractivity contribution in [2.45, 2.75) is 25.2 Å². The summed E-state index contributed by atoms with van der Waals surface area (Å²) >= 11 is 1.91. The lowest BCUT2D eigenvalue weighted by atomic mass is 9.74. The molecule has 0 saturated carbocycles. The zero-order valence-electron chi connectivity index (χ0n) is 14.2. The van der Waals surface area contributed by atoms with Crippen LogP contribution >= 0.6 is 11.8 Å². The number of anilines is 1. The molecule has 1 N–H and O–H groups in total. The highest BCUT2D eigenvalue weighted by Crippen LogP contribution is 2.46. The normalized spacial score (nSPS) is 19.8. The molecule has 126 valence electrons. The van der Waals surface area contributed by atoms with Gasteiger partial charge in [-0.15, -0.1) is 0 Å². The van der Waals surface area contributed by atoms with Crippen LogP contribution in [-0.4, -0.2) is 55.7 Å². The molecule has 3 rings (SSSR count). The Hall–Kier alpha value is -1.20. The number of piperidine rings is 1. The summed E-state index contributed by atoms with van der Waals surface area (Å²) < 4.78 is 0. The van der Waals surface area contributed by atoms with Gasteiger partial charge in [0.1, 0.15) is 0 Å². The van der Waals surface area contributed by atoms with Crippen LogP contribution in [0.4, 0.5) is 10.5 Å². The maximum Gasteiger partial charge on any atom is 0.321 e. The van der Waals surface area contributed by atoms with E-state index in [2.05, 4.69) is 34.7 Å². The Bertz CT molecular complexity index is 555. The van der Waals surface area contributed by atoms with E-state index in [9.17, 15) is 4.79 Å². The second kappa shape index (κ2) is 7.14. The predicted molar refractivity (Wildman–Crippen MR) is 98.6 cm³/mol. The Morgan fingerprint density at radius 3 is 2.74 bits per heavy atom. The SMILES string of the molecule is CCNC(=O)N1CC2(CCN(CCSC)CC2)c2ccccc21. The molecule has 2 aliphatic heterocycles. The highest BCUT2D eigenvalue weighted by molar-refractivity contribution is 7.98. The average molecular weight is 334 g/mol. The fourth-order valence-electron chi connectivity index (χ4n) is 3.91. The number of nitrogens with one attached hydrogen (secondary N) is 1. The minimum Gasteiger partial charge on any atom is -0.338 e. The molecule has 1 spiro atoms. The van der Waals surface area contributed by atoms with Gasteiger partial charge in [-0.3, -0.25) is 4.90 Å². The molecule has 4 nitrogen and oxygen atoms in total. The largest absolute Gasteiger partial charge is 0.338 e. The van der Waals surface area contributed by atoms with Crippen molar-refractivity contribution in [3.05, 3.63) is 29.8 Å². The Balaban J connectivity index is 1.78. The van der Waals surface area contributed by atoms with Crippen molar-refractivity contribution in [1.82, 2.24) is 10.2 Å². The lowest BCUT2D eigenvalue weighted by molar-refractivity contribution is 0.174. The summed E-state index contributed by atoms with van der Waals surface area (Å²) in [5, 5.41) is 2.96. The molecule has 0 radical (unpaired) electrons. The van der Waals surface area contributed by atoms with E-state index in [-0.39, 0.29) is 11.4 Å². The van der Waals surface area contributed by atoms with Gasteiger partial charge in [0.25, 0.3) is 0 Å². The molecule has 0 atom stereocenters. The van der Waals surface area contributed by atoms with E-state index in [1.807, 2.05) is 29.7 Å². The van der Waals surface area contributed by atoms with Crippen LogP contribution in [0.2, 0.25) is 0 Å². The summed E-state index contributed by atoms with van der Waals surface area (Å²) in [6.07, 6.45) is 4.46. The molecule has 1 aromatic rings. The number of hydrogen-bond donors (Lipinski definition) is 1. The third-order valence-electron chi connectivity index (χ3n) is 5.22. The summed E-state index contributed by atoms with van der Waals surface area (Å²) in [6, 6.07) is 8.52. The molecule has 5 heteroatoms. The lowest BCUT2D eigenvalue weighted by Gasteiger charge is -2.39. The number of urea groups is 1. The quantitative estimate of drug-likeness (QED) is 0.920. The number of likely N-dealkylation sites (tertiary alicyclic amines) is 1. The van der Waals surface area contributed by atoms with Crippen molar-refractivity contribution in [2.24, 2.45) is 0 Å². The first-order chi connectivity index (χ1) is 11.2. The van der Waals surface area contributed by atoms with Gasteiger partial charge in [0.15, 0.2) is 0 Å². The smallest absolute Gasteiger partial charge is 0.321 e. The van der Waals surface area contributed by atoms with Gasteiger partial charge < -0.3 is 10.2 Å². The number of carbonyl (C=O) groups is 1. The predicted octanol–water partition coefficient (Wildman–Crippen LogP) is 2.93. The highest BCUT2D eigenvalue weighted by atomic mass is 32.2. The van der Waals surface area contributed by atoms with Crippen LogP contribution in [0, 0.1) is 0 Å². The molecular formula is C18H27N3OS. The van der Waals surface area contributed by atoms with Gasteiger partial charge in [-0.1, -0.05) is 18.2 Å². The van der Waals surface area contributed by atoms with E-state index in [4.69, 9.17) is 0 Å². The molecule has 1 saturated heterocycles. The Morgan fingerprint density at radius 1 is 1.30 bits per heavy atom. The van der Waals surface area contributed by atoms with Crippen molar-refractivity contribution >= 4 is 23.5 Å². The maximum atomic E-state index is 12.4. The highest BCUT2D eigenvalue weighted by Gasteiger charge is 2.45. The number of benzene rings is 1. The van der Waals surface area contributed by atoms with Gasteiger partial charge in [-0.05, 0) is 50.7 Å². The second-order valence-corrected chi connectivity index (χ2v) is 7.54. The van der Waals surface area contributed by atoms with Crippen molar-refractivity contribution in [3.63, 3.8) is 0 Å². The van der Waals surface area contributed by atoms with E-state index in [0.717, 1.165) is 38.2 Å². The summed E-state index contributed by atoms with van der Waals surface area (Å²) in [6.45, 7) is 6.93. The fourth-order valence-corrected chi connectivity index (χ4v) is 4.35. The first-order valence-corrected chi connectivity index (χ1v) is 9.96. The molecule has 0 aliphatic carbocycles. The number of carbonyl (C=O) groups excluding carboxylic acids is 1. The molecule has 2 amide bonds. The molecule has 2 aliphatic rings. The van der Waals surface area contributed by atoms with E-state index in [1.165, 1.54) is 17.9 Å². The van der Waals surface area contributed by atoms with Gasteiger partial charge >= 0.3 is 6.03 Å². The van der Waals surface area contributed by atoms with Crippen LogP contribution in [0.3, 0.4) is 0 Å². The zero-order chi connectivity index (χ0) is 16.3. The summed E-state index contributed by atoms with van der Waals surface area (Å²) in [5.41, 5.74) is 2.63. The van der Waals surface area contributed by atoms with Crippen LogP contribution in [0.25, 0.3) is 0 Å². The van der Waals surface area contributed by atoms with Gasteiger partial charge in [0.2, 0.25) is 0 Å². The van der Waals surface area contributed by atoms with Crippen molar-refractivity contribution in [2.75, 3.05) is 49.6 Å². The van der Waals surface area contributed by atoms with Crippen LogP contribution in [0.5, 0.6) is 0 Å². The van der Waals surface area contributed by atoms with Crippen molar-refractivity contribution < 1.29 is 4.79 Å². The third-order valence-corrected chi connectivity index (χ3v) is 5.82. The third kappa shape index (κ3) is 3.22. The minimum atomic E-state index is 0.0432. The van der Waals surface area contributed by atoms with Crippen molar-refractivity contribution in [3.8, 4) is 0 Å². The van der Waals surface area contributed by atoms with Crippen LogP contribution in [0.15, 0.2) is 24.3 Å². The van der Waals surface area contributed by atoms with Gasteiger partial charge in [0.05, 0.1) is 0 Å². The average Bonchev–Trinajstić information content (AvgIpc) is 2.90. The maximum absolute atomic E-state index is 12.4. The lowest BCUT2D eigenvalue weighted by Crippen LogP contribution is -2.48. The topological polar surface area (TPSA) is 35.6 Å². The Labute approximate surface area is 143 Å². The summed E-state index contributed by atoms with van der Waals surface area (Å²) in [4.78, 5) is 17.0. The monoisotopic (exact) mass is 333 g/mol. The molecule has 1 fully saturated rings. The molecule has 1 aromatic carbocycles. The van der Waals surface area contributed by atoms with Crippen LogP contribution in [-0.2, 0) is 5.41 Å². The minimum absolute atomic E-state index is 0.0432. The first kappa shape index (κ1) is 16.7. The number of thioether (sulfide) groups is 1. The number of hydrogen-bond acceptors (Lipinski definition) is 3. The van der Waals surface area contributed by atoms with Crippen LogP contribution in [0.1, 0.15) is 25.3 Å². The van der Waals surface area contributed by atoms with Gasteiger partial charge in [-0.2, -0.15) is 11.8 Å². The summed E-state index contributed by atoms with van der Waals surface area (Å²) in [5.74, 6) is 1.20. The van der Waals surface area contributed by atoms with E-state index in [0.29, 0.717) is 6.54 Å². The molecule has 0 bridgehead atoms. The summed E-state index contributed by atoms with van der Waals surface area (Å²) in [7, 11) is 0. The van der Waals surface area contributed by atoms with E-state index >= 15 is 0 Å². The number of fused-ring (bicyclic) bond motifs is 2. The van der Waals surface area contributed by atoms with E-state index < -0.39 is 0 Å². The van der Waals surface area contributed by atoms with Crippen LogP contribution < -0.4 is 10.2 Å². The first-order valence-electron chi connectivity index (χ1n) is 8.56. The molecular weight excluding hydrogens is 306 g/mol. The molecule has 0 unspecified atom stereocenters. The standard InChI is InChI=1S/C18H27N3OS/c1-3-19-17(22)21-14-18(15-6-4-5-7-16(15)21)8-10-20(11-9-18)12-13-23-2/h4-7H,3,8-14H2,1-2H3,(H,19,22). The van der Waals surface area contributed by atoms with Crippen molar-refractivity contribution in [1.29, 1.82) is 0 Å². The van der Waals surface area contributed by atoms with Gasteiger partial charge in [0, 0.05) is 36.5 Å². The number of nitrogens with zero attached hydrogens (tertiary/aromatic N) is 2. The Kier molecular flexibility index (Phi) is 5.17. The number of para-hydroxylation sites is 1. The Morgan fingerprint density at radius 2 is 2.04 bits per heavy atom. The van der Waals surface area contributed by atoms with E-state index in [1.54, 1.807) is 0 Å². The number of rotatable bonds is 4. The van der Waals surface area contributed by atoms with Gasteiger partial charge in [-0.25, -0.2) is 4.79 Å². The molecule has 23 heavy (non-hydrogen) atoms. The molecule has 0 aromatic heterocycles. The number of amides is 2. The zero-order valence-corrected chi connectivity index (χ0v) is 15.0. The second-order valence-electron chi connectivity index (χ2n) is 6.55. The fraction of sp³-hybridized carbons (Fsp3) is 0.611.